The van der Waals surface area contributed by atoms with Gasteiger partial charge in [0, 0.05) is 5.57 Å². The summed E-state index contributed by atoms with van der Waals surface area (Å²) < 4.78 is 5.25. The summed E-state index contributed by atoms with van der Waals surface area (Å²) in [6.07, 6.45) is 7.99. The Hall–Kier alpha value is -0.790. The van der Waals surface area contributed by atoms with Crippen LogP contribution in [0.15, 0.2) is 11.1 Å². The molecule has 0 aromatic heterocycles. The zero-order valence-electron chi connectivity index (χ0n) is 12.0. The van der Waals surface area contributed by atoms with Crippen molar-refractivity contribution in [3.05, 3.63) is 11.1 Å². The minimum Gasteiger partial charge on any atom is -0.462 e. The number of allylic oxidation sites excluding steroid dienone is 1. The molecule has 0 N–H and O–H groups in total. The van der Waals surface area contributed by atoms with Gasteiger partial charge < -0.3 is 4.74 Å². The Kier molecular flexibility index (Phi) is 9.89. The molecule has 2 heteroatoms. The number of unbranched alkanes of at least 4 members (excludes halogenated alkanes) is 4. The summed E-state index contributed by atoms with van der Waals surface area (Å²) in [5.74, 6) is -0.133. The molecule has 17 heavy (non-hydrogen) atoms. The van der Waals surface area contributed by atoms with Crippen LogP contribution in [0.5, 0.6) is 0 Å². The van der Waals surface area contributed by atoms with Gasteiger partial charge in [-0.1, -0.05) is 51.5 Å². The zero-order chi connectivity index (χ0) is 13.1. The summed E-state index contributed by atoms with van der Waals surface area (Å²) in [7, 11) is 0. The van der Waals surface area contributed by atoms with E-state index in [-0.39, 0.29) is 5.97 Å². The molecule has 0 aliphatic carbocycles. The predicted molar refractivity (Wildman–Crippen MR) is 73.0 cm³/mol. The fraction of sp³-hybridized carbons (Fsp3) is 0.800. The van der Waals surface area contributed by atoms with E-state index in [0.717, 1.165) is 36.8 Å². The Morgan fingerprint density at radius 2 is 1.59 bits per heavy atom. The lowest BCUT2D eigenvalue weighted by Crippen LogP contribution is -2.08. The molecule has 0 bridgehead atoms. The molecular weight excluding hydrogens is 212 g/mol. The second kappa shape index (κ2) is 10.4. The van der Waals surface area contributed by atoms with Crippen molar-refractivity contribution in [3.8, 4) is 0 Å². The average molecular weight is 240 g/mol. The number of rotatable bonds is 9. The molecule has 0 atom stereocenters. The van der Waals surface area contributed by atoms with E-state index in [9.17, 15) is 4.79 Å². The van der Waals surface area contributed by atoms with Crippen molar-refractivity contribution in [1.82, 2.24) is 0 Å². The van der Waals surface area contributed by atoms with Crippen molar-refractivity contribution >= 4 is 5.97 Å². The van der Waals surface area contributed by atoms with Crippen LogP contribution in [0.3, 0.4) is 0 Å². The third-order valence-corrected chi connectivity index (χ3v) is 3.05. The van der Waals surface area contributed by atoms with Crippen molar-refractivity contribution in [2.45, 2.75) is 72.6 Å². The number of hydrogen-bond acceptors (Lipinski definition) is 2. The van der Waals surface area contributed by atoms with Gasteiger partial charge in [-0.25, -0.2) is 4.79 Å². The molecule has 0 fully saturated rings. The largest absolute Gasteiger partial charge is 0.462 e. The van der Waals surface area contributed by atoms with Crippen LogP contribution in [0.25, 0.3) is 0 Å². The Labute approximate surface area is 106 Å². The second-order valence-electron chi connectivity index (χ2n) is 4.71. The highest BCUT2D eigenvalue weighted by Crippen LogP contribution is 2.12. The van der Waals surface area contributed by atoms with Crippen molar-refractivity contribution in [2.24, 2.45) is 0 Å². The van der Waals surface area contributed by atoms with E-state index in [0.29, 0.717) is 6.61 Å². The molecule has 0 amide bonds. The second-order valence-corrected chi connectivity index (χ2v) is 4.71. The van der Waals surface area contributed by atoms with E-state index in [1.807, 2.05) is 13.8 Å². The van der Waals surface area contributed by atoms with Crippen LogP contribution < -0.4 is 0 Å². The van der Waals surface area contributed by atoms with E-state index in [2.05, 4.69) is 13.8 Å². The van der Waals surface area contributed by atoms with Crippen LogP contribution in [0.1, 0.15) is 72.6 Å². The van der Waals surface area contributed by atoms with Crippen LogP contribution in [0.2, 0.25) is 0 Å². The smallest absolute Gasteiger partial charge is 0.333 e. The minimum atomic E-state index is -0.133. The molecular formula is C15H28O2. The molecule has 0 saturated heterocycles. The minimum absolute atomic E-state index is 0.133. The highest BCUT2D eigenvalue weighted by molar-refractivity contribution is 5.88. The van der Waals surface area contributed by atoms with Crippen LogP contribution in [-0.2, 0) is 9.53 Å². The predicted octanol–water partition coefficient (Wildman–Crippen LogP) is 4.64. The Morgan fingerprint density at radius 3 is 2.18 bits per heavy atom. The summed E-state index contributed by atoms with van der Waals surface area (Å²) in [6.45, 7) is 8.77. The molecule has 0 heterocycles. The molecule has 0 unspecified atom stereocenters. The summed E-state index contributed by atoms with van der Waals surface area (Å²) in [5.41, 5.74) is 1.95. The van der Waals surface area contributed by atoms with Gasteiger partial charge in [0.1, 0.15) is 0 Å². The van der Waals surface area contributed by atoms with Crippen molar-refractivity contribution in [3.63, 3.8) is 0 Å². The highest BCUT2D eigenvalue weighted by atomic mass is 16.5. The molecule has 0 aromatic rings. The zero-order valence-corrected chi connectivity index (χ0v) is 12.0. The van der Waals surface area contributed by atoms with Gasteiger partial charge in [0.2, 0.25) is 0 Å². The standard InChI is InChI=1S/C15H28O2/c1-5-7-8-9-10-12-17-15(16)14(4)13(3)11-6-2/h5-12H2,1-4H3. The van der Waals surface area contributed by atoms with Crippen molar-refractivity contribution in [1.29, 1.82) is 0 Å². The van der Waals surface area contributed by atoms with E-state index in [1.54, 1.807) is 0 Å². The van der Waals surface area contributed by atoms with Gasteiger partial charge in [-0.05, 0) is 26.7 Å². The summed E-state index contributed by atoms with van der Waals surface area (Å²) in [5, 5.41) is 0. The van der Waals surface area contributed by atoms with E-state index in [4.69, 9.17) is 4.74 Å². The number of carbonyl (C=O) groups excluding carboxylic acids is 1. The van der Waals surface area contributed by atoms with Gasteiger partial charge in [0.25, 0.3) is 0 Å². The number of ether oxygens (including phenoxy) is 1. The number of hydrogen-bond donors (Lipinski definition) is 0. The van der Waals surface area contributed by atoms with E-state index >= 15 is 0 Å². The topological polar surface area (TPSA) is 26.3 Å². The molecule has 0 aromatic carbocycles. The first-order chi connectivity index (χ1) is 8.13. The maximum atomic E-state index is 11.7. The Morgan fingerprint density at radius 1 is 0.941 bits per heavy atom. The summed E-state index contributed by atoms with van der Waals surface area (Å²) in [4.78, 5) is 11.7. The van der Waals surface area contributed by atoms with Crippen LogP contribution in [0.4, 0.5) is 0 Å². The van der Waals surface area contributed by atoms with Crippen LogP contribution in [0, 0.1) is 0 Å². The monoisotopic (exact) mass is 240 g/mol. The first kappa shape index (κ1) is 16.2. The molecule has 0 aliphatic rings. The van der Waals surface area contributed by atoms with Gasteiger partial charge in [-0.3, -0.25) is 0 Å². The maximum absolute atomic E-state index is 11.7. The van der Waals surface area contributed by atoms with Gasteiger partial charge in [0.15, 0.2) is 0 Å². The normalized spacial score (nSPS) is 12.2. The van der Waals surface area contributed by atoms with Crippen molar-refractivity contribution in [2.75, 3.05) is 6.61 Å². The third-order valence-electron chi connectivity index (χ3n) is 3.05. The Bertz CT molecular complexity index is 241. The lowest BCUT2D eigenvalue weighted by atomic mass is 10.1. The van der Waals surface area contributed by atoms with Gasteiger partial charge in [-0.2, -0.15) is 0 Å². The first-order valence-corrected chi connectivity index (χ1v) is 6.96. The Balaban J connectivity index is 3.75. The molecule has 0 radical (unpaired) electrons. The fourth-order valence-corrected chi connectivity index (χ4v) is 1.72. The van der Waals surface area contributed by atoms with Gasteiger partial charge in [0.05, 0.1) is 6.61 Å². The van der Waals surface area contributed by atoms with Gasteiger partial charge in [-0.15, -0.1) is 0 Å². The van der Waals surface area contributed by atoms with E-state index in [1.165, 1.54) is 19.3 Å². The average Bonchev–Trinajstić information content (AvgIpc) is 2.32. The fourth-order valence-electron chi connectivity index (χ4n) is 1.72. The lowest BCUT2D eigenvalue weighted by molar-refractivity contribution is -0.139. The van der Waals surface area contributed by atoms with Crippen molar-refractivity contribution < 1.29 is 9.53 Å². The molecule has 0 spiro atoms. The number of carbonyl (C=O) groups is 1. The molecule has 2 nitrogen and oxygen atoms in total. The highest BCUT2D eigenvalue weighted by Gasteiger charge is 2.08. The van der Waals surface area contributed by atoms with Crippen LogP contribution in [-0.4, -0.2) is 12.6 Å². The quantitative estimate of drug-likeness (QED) is 0.333. The first-order valence-electron chi connectivity index (χ1n) is 6.96. The molecule has 0 aliphatic heterocycles. The third kappa shape index (κ3) is 8.00. The number of esters is 1. The summed E-state index contributed by atoms with van der Waals surface area (Å²) in [6, 6.07) is 0. The summed E-state index contributed by atoms with van der Waals surface area (Å²) >= 11 is 0. The maximum Gasteiger partial charge on any atom is 0.333 e. The lowest BCUT2D eigenvalue weighted by Gasteiger charge is -2.07. The molecule has 100 valence electrons. The van der Waals surface area contributed by atoms with E-state index < -0.39 is 0 Å². The molecule has 0 saturated carbocycles. The molecule has 0 rings (SSSR count). The SMILES string of the molecule is CCCCCCCOC(=O)C(C)=C(C)CCC. The van der Waals surface area contributed by atoms with Gasteiger partial charge >= 0.3 is 5.97 Å². The van der Waals surface area contributed by atoms with Crippen LogP contribution >= 0.6 is 0 Å².